The summed E-state index contributed by atoms with van der Waals surface area (Å²) in [5.41, 5.74) is 1.85. The molecule has 1 aliphatic carbocycles. The molecule has 2 unspecified atom stereocenters. The quantitative estimate of drug-likeness (QED) is 0.342. The first-order chi connectivity index (χ1) is 13.9. The van der Waals surface area contributed by atoms with Crippen LogP contribution in [0.3, 0.4) is 0 Å². The third-order valence-corrected chi connectivity index (χ3v) is 7.45. The molecule has 0 aromatic heterocycles. The van der Waals surface area contributed by atoms with Crippen LogP contribution in [-0.4, -0.2) is 47.4 Å². The lowest BCUT2D eigenvalue weighted by Gasteiger charge is -2.36. The Morgan fingerprint density at radius 1 is 1.17 bits per heavy atom. The van der Waals surface area contributed by atoms with Crippen LogP contribution in [0.4, 0.5) is 0 Å². The van der Waals surface area contributed by atoms with Gasteiger partial charge in [-0.2, -0.15) is 8.42 Å². The summed E-state index contributed by atoms with van der Waals surface area (Å²) >= 11 is 0. The Kier molecular flexibility index (Phi) is 6.96. The van der Waals surface area contributed by atoms with Crippen LogP contribution in [0.5, 0.6) is 0 Å². The van der Waals surface area contributed by atoms with E-state index in [9.17, 15) is 8.42 Å². The lowest BCUT2D eigenvalue weighted by Crippen LogP contribution is -2.45. The average molecular weight is 455 g/mol. The van der Waals surface area contributed by atoms with Crippen molar-refractivity contribution in [2.45, 2.75) is 88.7 Å². The van der Waals surface area contributed by atoms with Gasteiger partial charge in [0.15, 0.2) is 14.1 Å². The summed E-state index contributed by atoms with van der Waals surface area (Å²) in [6.45, 7) is 12.4. The minimum Gasteiger partial charge on any atom is -0.408 e. The largest absolute Gasteiger partial charge is 0.408 e. The van der Waals surface area contributed by atoms with Crippen molar-refractivity contribution in [2.24, 2.45) is 0 Å². The van der Waals surface area contributed by atoms with Crippen molar-refractivity contribution in [3.05, 3.63) is 41.5 Å². The highest BCUT2D eigenvalue weighted by Crippen LogP contribution is 2.35. The Morgan fingerprint density at radius 2 is 1.83 bits per heavy atom. The molecule has 8 heteroatoms. The molecule has 3 atom stereocenters. The minimum atomic E-state index is -3.89. The molecule has 1 saturated heterocycles. The maximum atomic E-state index is 13.0. The number of allylic oxidation sites excluding steroid dienone is 1. The molecule has 0 N–H and O–H groups in total. The average Bonchev–Trinajstić information content (AvgIpc) is 2.99. The van der Waals surface area contributed by atoms with Crippen LogP contribution in [-0.2, 0) is 28.2 Å². The van der Waals surface area contributed by atoms with Gasteiger partial charge in [0.25, 0.3) is 10.1 Å². The van der Waals surface area contributed by atoms with Gasteiger partial charge in [-0.3, -0.25) is 4.18 Å². The third-order valence-electron chi connectivity index (χ3n) is 5.15. The molecule has 3 rings (SSSR count). The van der Waals surface area contributed by atoms with Gasteiger partial charge in [-0.1, -0.05) is 23.8 Å². The summed E-state index contributed by atoms with van der Waals surface area (Å²) in [5, 5.41) is 0. The van der Waals surface area contributed by atoms with Gasteiger partial charge in [-0.25, -0.2) is 0 Å². The van der Waals surface area contributed by atoms with Crippen molar-refractivity contribution >= 4 is 18.4 Å². The summed E-state index contributed by atoms with van der Waals surface area (Å²) in [5.74, 6) is -0.689. The summed E-state index contributed by atoms with van der Waals surface area (Å²) < 4.78 is 50.1. The van der Waals surface area contributed by atoms with Gasteiger partial charge in [0.05, 0.1) is 17.6 Å². The highest BCUT2D eigenvalue weighted by Gasteiger charge is 2.43. The fourth-order valence-electron chi connectivity index (χ4n) is 3.79. The zero-order valence-electron chi connectivity index (χ0n) is 18.8. The van der Waals surface area contributed by atoms with Gasteiger partial charge < -0.3 is 13.9 Å². The smallest absolute Gasteiger partial charge is 0.297 e. The first kappa shape index (κ1) is 23.6. The third kappa shape index (κ3) is 6.02. The summed E-state index contributed by atoms with van der Waals surface area (Å²) in [4.78, 5) is 0.169. The van der Waals surface area contributed by atoms with E-state index < -0.39 is 36.4 Å². The molecular weight excluding hydrogens is 420 g/mol. The first-order valence-corrected chi connectivity index (χ1v) is 15.4. The second kappa shape index (κ2) is 8.84. The van der Waals surface area contributed by atoms with Crippen molar-refractivity contribution < 1.29 is 26.5 Å². The van der Waals surface area contributed by atoms with E-state index in [0.717, 1.165) is 24.0 Å². The van der Waals surface area contributed by atoms with Gasteiger partial charge >= 0.3 is 0 Å². The van der Waals surface area contributed by atoms with Crippen LogP contribution >= 0.6 is 0 Å². The molecule has 1 aliphatic heterocycles. The SMILES string of the molecule is Cc1ccc(S(=O)(=O)OC2CCCC=C2C(O[Si](C)(C)C)[C@H]2COC(C)(C)O2)cc1. The molecule has 2 aliphatic rings. The van der Waals surface area contributed by atoms with E-state index in [1.807, 2.05) is 20.8 Å². The van der Waals surface area contributed by atoms with E-state index in [1.165, 1.54) is 0 Å². The number of aryl methyl sites for hydroxylation is 1. The summed E-state index contributed by atoms with van der Waals surface area (Å²) in [7, 11) is -5.85. The van der Waals surface area contributed by atoms with Crippen molar-refractivity contribution in [3.63, 3.8) is 0 Å². The molecule has 1 fully saturated rings. The van der Waals surface area contributed by atoms with E-state index in [1.54, 1.807) is 24.3 Å². The normalized spacial score (nSPS) is 25.7. The molecule has 6 nitrogen and oxygen atoms in total. The van der Waals surface area contributed by atoms with Gasteiger partial charge in [-0.15, -0.1) is 0 Å². The van der Waals surface area contributed by atoms with Crippen molar-refractivity contribution in [1.29, 1.82) is 0 Å². The topological polar surface area (TPSA) is 71.1 Å². The molecule has 0 bridgehead atoms. The number of hydrogen-bond acceptors (Lipinski definition) is 6. The zero-order valence-corrected chi connectivity index (χ0v) is 20.6. The number of ether oxygens (including phenoxy) is 2. The Labute approximate surface area is 181 Å². The minimum absolute atomic E-state index is 0.169. The molecule has 168 valence electrons. The fraction of sp³-hybridized carbons (Fsp3) is 0.636. The van der Waals surface area contributed by atoms with Crippen LogP contribution in [0.1, 0.15) is 38.7 Å². The predicted octanol–water partition coefficient (Wildman–Crippen LogP) is 4.55. The van der Waals surface area contributed by atoms with Crippen LogP contribution in [0.2, 0.25) is 19.6 Å². The number of hydrogen-bond donors (Lipinski definition) is 0. The molecule has 1 aromatic carbocycles. The van der Waals surface area contributed by atoms with Gasteiger partial charge in [0, 0.05) is 0 Å². The van der Waals surface area contributed by atoms with Crippen LogP contribution in [0, 0.1) is 6.92 Å². The van der Waals surface area contributed by atoms with E-state index in [2.05, 4.69) is 25.7 Å². The molecule has 1 aromatic rings. The summed E-state index contributed by atoms with van der Waals surface area (Å²) in [6, 6.07) is 6.72. The second-order valence-electron chi connectivity index (χ2n) is 9.51. The van der Waals surface area contributed by atoms with E-state index >= 15 is 0 Å². The van der Waals surface area contributed by atoms with Gasteiger partial charge in [-0.05, 0) is 77.4 Å². The number of rotatable bonds is 7. The fourth-order valence-corrected chi connectivity index (χ4v) is 5.93. The lowest BCUT2D eigenvalue weighted by molar-refractivity contribution is -0.147. The molecule has 0 spiro atoms. The van der Waals surface area contributed by atoms with Crippen LogP contribution < -0.4 is 0 Å². The van der Waals surface area contributed by atoms with Crippen LogP contribution in [0.15, 0.2) is 40.8 Å². The molecular formula is C22H34O6SSi. The van der Waals surface area contributed by atoms with Crippen molar-refractivity contribution in [1.82, 2.24) is 0 Å². The van der Waals surface area contributed by atoms with E-state index in [0.29, 0.717) is 13.0 Å². The van der Waals surface area contributed by atoms with Crippen LogP contribution in [0.25, 0.3) is 0 Å². The first-order valence-electron chi connectivity index (χ1n) is 10.6. The van der Waals surface area contributed by atoms with Crippen molar-refractivity contribution in [3.8, 4) is 0 Å². The molecule has 0 saturated carbocycles. The molecule has 30 heavy (non-hydrogen) atoms. The molecule has 0 amide bonds. The van der Waals surface area contributed by atoms with E-state index in [-0.39, 0.29) is 11.0 Å². The predicted molar refractivity (Wildman–Crippen MR) is 118 cm³/mol. The Bertz CT molecular complexity index is 870. The maximum Gasteiger partial charge on any atom is 0.297 e. The van der Waals surface area contributed by atoms with Gasteiger partial charge in [0.1, 0.15) is 12.2 Å². The number of benzene rings is 1. The Hall–Kier alpha value is -1.03. The monoisotopic (exact) mass is 454 g/mol. The second-order valence-corrected chi connectivity index (χ2v) is 15.5. The molecule has 0 radical (unpaired) electrons. The highest BCUT2D eigenvalue weighted by atomic mass is 32.2. The highest BCUT2D eigenvalue weighted by molar-refractivity contribution is 7.86. The standard InChI is InChI=1S/C22H34O6SSi/c1-16-11-13-17(14-12-16)29(23,24)27-19-10-8-7-9-18(19)21(28-30(4,5)6)20-15-25-22(2,3)26-20/h9,11-14,19-21H,7-8,10,15H2,1-6H3/t19?,20-,21?/m1/s1. The van der Waals surface area contributed by atoms with Gasteiger partial charge in [0.2, 0.25) is 0 Å². The Balaban J connectivity index is 1.88. The van der Waals surface area contributed by atoms with Crippen molar-refractivity contribution in [2.75, 3.05) is 6.61 Å². The summed E-state index contributed by atoms with van der Waals surface area (Å²) in [6.07, 6.45) is 3.16. The lowest BCUT2D eigenvalue weighted by atomic mass is 9.90. The zero-order chi connectivity index (χ0) is 22.2. The maximum absolute atomic E-state index is 13.0. The Morgan fingerprint density at radius 3 is 2.40 bits per heavy atom. The molecule has 1 heterocycles. The van der Waals surface area contributed by atoms with E-state index in [4.69, 9.17) is 18.1 Å².